The highest BCUT2D eigenvalue weighted by Gasteiger charge is 2.47. The van der Waals surface area contributed by atoms with Crippen molar-refractivity contribution < 1.29 is 4.18 Å². The fourth-order valence-electron chi connectivity index (χ4n) is 0.976. The zero-order valence-electron chi connectivity index (χ0n) is 5.89. The van der Waals surface area contributed by atoms with Crippen molar-refractivity contribution in [2.45, 2.75) is 32.3 Å². The first-order chi connectivity index (χ1) is 4.21. The van der Waals surface area contributed by atoms with Crippen LogP contribution < -0.4 is 5.14 Å². The minimum absolute atomic E-state index is 0.138. The zero-order valence-corrected chi connectivity index (χ0v) is 6.70. The summed E-state index contributed by atoms with van der Waals surface area (Å²) in [5.41, 5.74) is 0.138. The van der Waals surface area contributed by atoms with E-state index in [9.17, 15) is 0 Å². The number of nitrogens with two attached hydrogens (primary N) is 1. The normalized spacial score (nSPS) is 22.7. The summed E-state index contributed by atoms with van der Waals surface area (Å²) in [5, 5.41) is 5.19. The molecule has 1 fully saturated rings. The Labute approximate surface area is 60.5 Å². The van der Waals surface area contributed by atoms with Crippen molar-refractivity contribution in [2.75, 3.05) is 0 Å². The average molecular weight is 147 g/mol. The van der Waals surface area contributed by atoms with E-state index in [-0.39, 0.29) is 5.60 Å². The van der Waals surface area contributed by atoms with Gasteiger partial charge in [0.05, 0.1) is 17.8 Å². The first kappa shape index (κ1) is 7.38. The molecule has 0 unspecified atom stereocenters. The Kier molecular flexibility index (Phi) is 2.03. The van der Waals surface area contributed by atoms with E-state index in [1.807, 2.05) is 0 Å². The summed E-state index contributed by atoms with van der Waals surface area (Å²) in [4.78, 5) is 0. The van der Waals surface area contributed by atoms with Crippen LogP contribution in [0.3, 0.4) is 0 Å². The third kappa shape index (κ3) is 1.39. The summed E-state index contributed by atoms with van der Waals surface area (Å²) in [6.07, 6.45) is 2.35. The molecule has 3 heteroatoms. The second kappa shape index (κ2) is 2.48. The third-order valence-electron chi connectivity index (χ3n) is 2.01. The molecule has 0 aliphatic heterocycles. The van der Waals surface area contributed by atoms with Crippen LogP contribution in [0.5, 0.6) is 0 Å². The average Bonchev–Trinajstić information content (AvgIpc) is 2.49. The van der Waals surface area contributed by atoms with Crippen molar-refractivity contribution in [3.8, 4) is 0 Å². The van der Waals surface area contributed by atoms with E-state index >= 15 is 0 Å². The van der Waals surface area contributed by atoms with Crippen LogP contribution in [0.2, 0.25) is 0 Å². The van der Waals surface area contributed by atoms with E-state index < -0.39 is 0 Å². The van der Waals surface area contributed by atoms with Crippen molar-refractivity contribution in [3.63, 3.8) is 0 Å². The number of hydrogen-bond acceptors (Lipinski definition) is 3. The van der Waals surface area contributed by atoms with E-state index in [0.717, 1.165) is 12.2 Å². The van der Waals surface area contributed by atoms with Crippen LogP contribution >= 0.6 is 12.2 Å². The van der Waals surface area contributed by atoms with Crippen LogP contribution in [-0.2, 0) is 4.18 Å². The maximum absolute atomic E-state index is 5.30. The highest BCUT2D eigenvalue weighted by Crippen LogP contribution is 2.47. The van der Waals surface area contributed by atoms with E-state index in [1.165, 1.54) is 12.8 Å². The lowest BCUT2D eigenvalue weighted by Gasteiger charge is -2.16. The van der Waals surface area contributed by atoms with E-state index in [4.69, 9.17) is 9.32 Å². The molecule has 1 aliphatic rings. The van der Waals surface area contributed by atoms with Crippen molar-refractivity contribution in [1.29, 1.82) is 0 Å². The summed E-state index contributed by atoms with van der Waals surface area (Å²) >= 11 is 0.999. The molecular weight excluding hydrogens is 134 g/mol. The predicted molar refractivity (Wildman–Crippen MR) is 39.7 cm³/mol. The van der Waals surface area contributed by atoms with Crippen LogP contribution in [0.15, 0.2) is 0 Å². The Hall–Kier alpha value is 0.270. The quantitative estimate of drug-likeness (QED) is 0.487. The van der Waals surface area contributed by atoms with Crippen LogP contribution in [0.1, 0.15) is 26.7 Å². The van der Waals surface area contributed by atoms with Gasteiger partial charge >= 0.3 is 0 Å². The van der Waals surface area contributed by atoms with Crippen LogP contribution in [0, 0.1) is 5.92 Å². The van der Waals surface area contributed by atoms with E-state index in [1.54, 1.807) is 0 Å². The molecule has 0 aromatic carbocycles. The van der Waals surface area contributed by atoms with Gasteiger partial charge in [-0.05, 0) is 18.8 Å². The molecule has 0 spiro atoms. The van der Waals surface area contributed by atoms with Crippen molar-refractivity contribution >= 4 is 12.2 Å². The molecule has 0 radical (unpaired) electrons. The monoisotopic (exact) mass is 147 g/mol. The Morgan fingerprint density at radius 1 is 1.56 bits per heavy atom. The van der Waals surface area contributed by atoms with Crippen LogP contribution in [0.4, 0.5) is 0 Å². The highest BCUT2D eigenvalue weighted by atomic mass is 32.2. The largest absolute Gasteiger partial charge is 0.294 e. The van der Waals surface area contributed by atoms with Crippen molar-refractivity contribution in [1.82, 2.24) is 0 Å². The molecule has 0 aromatic rings. The lowest BCUT2D eigenvalue weighted by Crippen LogP contribution is -2.18. The van der Waals surface area contributed by atoms with Gasteiger partial charge in [0.15, 0.2) is 0 Å². The lowest BCUT2D eigenvalue weighted by atomic mass is 10.1. The van der Waals surface area contributed by atoms with E-state index in [0.29, 0.717) is 5.92 Å². The summed E-state index contributed by atoms with van der Waals surface area (Å²) < 4.78 is 5.30. The fourth-order valence-corrected chi connectivity index (χ4v) is 1.53. The van der Waals surface area contributed by atoms with Crippen molar-refractivity contribution in [3.05, 3.63) is 0 Å². The Morgan fingerprint density at radius 2 is 2.11 bits per heavy atom. The molecule has 2 nitrogen and oxygen atoms in total. The topological polar surface area (TPSA) is 35.2 Å². The van der Waals surface area contributed by atoms with Gasteiger partial charge in [0, 0.05) is 0 Å². The van der Waals surface area contributed by atoms with Gasteiger partial charge in [0.2, 0.25) is 0 Å². The van der Waals surface area contributed by atoms with Gasteiger partial charge < -0.3 is 0 Å². The molecule has 0 aromatic heterocycles. The third-order valence-corrected chi connectivity index (χ3v) is 2.44. The molecule has 1 aliphatic carbocycles. The maximum Gasteiger partial charge on any atom is 0.0868 e. The second-order valence-corrected chi connectivity index (χ2v) is 3.26. The molecule has 9 heavy (non-hydrogen) atoms. The molecule has 1 rings (SSSR count). The Morgan fingerprint density at radius 3 is 2.22 bits per heavy atom. The van der Waals surface area contributed by atoms with Gasteiger partial charge in [-0.25, -0.2) is 0 Å². The van der Waals surface area contributed by atoms with Gasteiger partial charge in [-0.3, -0.25) is 9.32 Å². The summed E-state index contributed by atoms with van der Waals surface area (Å²) in [6, 6.07) is 0. The first-order valence-electron chi connectivity index (χ1n) is 3.26. The first-order valence-corrected chi connectivity index (χ1v) is 4.06. The molecular formula is C6H13NOS. The second-order valence-electron chi connectivity index (χ2n) is 2.90. The number of rotatable bonds is 3. The molecule has 0 bridgehead atoms. The Bertz CT molecular complexity index is 101. The SMILES string of the molecule is CC(C)C1(OSN)CC1. The van der Waals surface area contributed by atoms with Gasteiger partial charge in [0.25, 0.3) is 0 Å². The standard InChI is InChI=1S/C6H13NOS/c1-5(2)6(3-4-6)8-9-7/h5H,3-4,7H2,1-2H3. The van der Waals surface area contributed by atoms with Crippen LogP contribution in [0.25, 0.3) is 0 Å². The van der Waals surface area contributed by atoms with Gasteiger partial charge in [-0.1, -0.05) is 13.8 Å². The van der Waals surface area contributed by atoms with Gasteiger partial charge in [-0.2, -0.15) is 0 Å². The predicted octanol–water partition coefficient (Wildman–Crippen LogP) is 1.71. The highest BCUT2D eigenvalue weighted by molar-refractivity contribution is 7.92. The number of hydrogen-bond donors (Lipinski definition) is 1. The molecule has 1 saturated carbocycles. The van der Waals surface area contributed by atoms with Crippen LogP contribution in [-0.4, -0.2) is 5.60 Å². The minimum atomic E-state index is 0.138. The minimum Gasteiger partial charge on any atom is -0.294 e. The van der Waals surface area contributed by atoms with Crippen molar-refractivity contribution in [2.24, 2.45) is 11.1 Å². The smallest absolute Gasteiger partial charge is 0.0868 e. The molecule has 54 valence electrons. The molecule has 0 atom stereocenters. The summed E-state index contributed by atoms with van der Waals surface area (Å²) in [6.45, 7) is 4.34. The fraction of sp³-hybridized carbons (Fsp3) is 1.00. The summed E-state index contributed by atoms with van der Waals surface area (Å²) in [7, 11) is 0. The molecule has 0 heterocycles. The lowest BCUT2D eigenvalue weighted by molar-refractivity contribution is 0.158. The zero-order chi connectivity index (χ0) is 6.91. The molecule has 2 N–H and O–H groups in total. The van der Waals surface area contributed by atoms with Gasteiger partial charge in [-0.15, -0.1) is 0 Å². The Balaban J connectivity index is 2.33. The maximum atomic E-state index is 5.30. The molecule has 0 saturated heterocycles. The summed E-state index contributed by atoms with van der Waals surface area (Å²) in [5.74, 6) is 0.605. The van der Waals surface area contributed by atoms with E-state index in [2.05, 4.69) is 13.8 Å². The van der Waals surface area contributed by atoms with Gasteiger partial charge in [0.1, 0.15) is 0 Å². The molecule has 0 amide bonds.